The van der Waals surface area contributed by atoms with Gasteiger partial charge in [0.25, 0.3) is 5.56 Å². The molecule has 3 aromatic rings. The van der Waals surface area contributed by atoms with Crippen molar-refractivity contribution in [3.63, 3.8) is 0 Å². The summed E-state index contributed by atoms with van der Waals surface area (Å²) >= 11 is 0. The van der Waals surface area contributed by atoms with Gasteiger partial charge in [-0.2, -0.15) is 5.10 Å². The monoisotopic (exact) mass is 451 g/mol. The van der Waals surface area contributed by atoms with Crippen molar-refractivity contribution < 1.29 is 9.47 Å². The Bertz CT molecular complexity index is 1140. The quantitative estimate of drug-likeness (QED) is 0.567. The average Bonchev–Trinajstić information content (AvgIpc) is 3.48. The molecule has 176 valence electrons. The minimum atomic E-state index is -0.0889. The first-order valence-corrected chi connectivity index (χ1v) is 12.2. The zero-order valence-electron chi connectivity index (χ0n) is 19.4. The molecule has 1 N–H and O–H groups in total. The highest BCUT2D eigenvalue weighted by Crippen LogP contribution is 2.31. The standard InChI is InChI=1S/C25H33N5O3/c1-2-21-23-24(30(28-21)19-7-3-4-8-19)26-22(27-25(23)31)17-18-6-5-9-20(16-18)33-15-12-29-10-13-32-14-11-29/h5-6,9,16,19H,2-4,7-8,10-15,17H2,1H3,(H,26,27,31). The maximum Gasteiger partial charge on any atom is 0.262 e. The van der Waals surface area contributed by atoms with Crippen LogP contribution in [0.15, 0.2) is 29.1 Å². The molecule has 0 atom stereocenters. The molecule has 1 saturated heterocycles. The number of benzene rings is 1. The van der Waals surface area contributed by atoms with Crippen LogP contribution in [-0.4, -0.2) is 64.1 Å². The van der Waals surface area contributed by atoms with Crippen molar-refractivity contribution in [3.05, 3.63) is 51.7 Å². The van der Waals surface area contributed by atoms with Gasteiger partial charge < -0.3 is 14.5 Å². The molecule has 0 amide bonds. The summed E-state index contributed by atoms with van der Waals surface area (Å²) in [4.78, 5) is 23.2. The molecule has 2 aliphatic rings. The molecule has 0 radical (unpaired) electrons. The van der Waals surface area contributed by atoms with Gasteiger partial charge in [0.05, 0.1) is 24.9 Å². The number of rotatable bonds is 8. The molecule has 5 rings (SSSR count). The van der Waals surface area contributed by atoms with Gasteiger partial charge in [-0.3, -0.25) is 9.69 Å². The minimum absolute atomic E-state index is 0.0889. The van der Waals surface area contributed by atoms with Crippen LogP contribution < -0.4 is 10.3 Å². The Morgan fingerprint density at radius 3 is 2.82 bits per heavy atom. The fourth-order valence-electron chi connectivity index (χ4n) is 4.95. The topological polar surface area (TPSA) is 85.3 Å². The first-order valence-electron chi connectivity index (χ1n) is 12.2. The summed E-state index contributed by atoms with van der Waals surface area (Å²) < 4.78 is 13.4. The van der Waals surface area contributed by atoms with Crippen LogP contribution in [0.25, 0.3) is 11.0 Å². The van der Waals surface area contributed by atoms with Gasteiger partial charge in [-0.1, -0.05) is 31.9 Å². The lowest BCUT2D eigenvalue weighted by atomic mass is 10.1. The normalized spacial score (nSPS) is 17.7. The van der Waals surface area contributed by atoms with Gasteiger partial charge in [0.15, 0.2) is 5.65 Å². The lowest BCUT2D eigenvalue weighted by Crippen LogP contribution is -2.38. The van der Waals surface area contributed by atoms with Gasteiger partial charge in [0.1, 0.15) is 23.6 Å². The Morgan fingerprint density at radius 1 is 1.21 bits per heavy atom. The van der Waals surface area contributed by atoms with Gasteiger partial charge in [-0.05, 0) is 37.0 Å². The number of morpholine rings is 1. The molecule has 0 bridgehead atoms. The predicted molar refractivity (Wildman–Crippen MR) is 127 cm³/mol. The van der Waals surface area contributed by atoms with Crippen LogP contribution in [0, 0.1) is 0 Å². The lowest BCUT2D eigenvalue weighted by Gasteiger charge is -2.26. The second-order valence-corrected chi connectivity index (χ2v) is 9.02. The molecule has 0 spiro atoms. The minimum Gasteiger partial charge on any atom is -0.492 e. The van der Waals surface area contributed by atoms with Crippen molar-refractivity contribution in [1.82, 2.24) is 24.6 Å². The molecular formula is C25H33N5O3. The highest BCUT2D eigenvalue weighted by Gasteiger charge is 2.24. The third-order valence-corrected chi connectivity index (χ3v) is 6.74. The van der Waals surface area contributed by atoms with Crippen LogP contribution in [-0.2, 0) is 17.6 Å². The van der Waals surface area contributed by atoms with Crippen LogP contribution >= 0.6 is 0 Å². The molecule has 8 nitrogen and oxygen atoms in total. The average molecular weight is 452 g/mol. The van der Waals surface area contributed by atoms with Crippen LogP contribution in [0.4, 0.5) is 0 Å². The summed E-state index contributed by atoms with van der Waals surface area (Å²) in [7, 11) is 0. The van der Waals surface area contributed by atoms with Crippen LogP contribution in [0.1, 0.15) is 55.7 Å². The summed E-state index contributed by atoms with van der Waals surface area (Å²) in [5, 5.41) is 5.43. The zero-order valence-corrected chi connectivity index (χ0v) is 19.4. The number of fused-ring (bicyclic) bond motifs is 1. The fraction of sp³-hybridized carbons (Fsp3) is 0.560. The Hall–Kier alpha value is -2.71. The van der Waals surface area contributed by atoms with Gasteiger partial charge in [0.2, 0.25) is 0 Å². The van der Waals surface area contributed by atoms with Crippen LogP contribution in [0.2, 0.25) is 0 Å². The van der Waals surface area contributed by atoms with Gasteiger partial charge in [-0.25, -0.2) is 9.67 Å². The Balaban J connectivity index is 1.33. The predicted octanol–water partition coefficient (Wildman–Crippen LogP) is 3.10. The van der Waals surface area contributed by atoms with Gasteiger partial charge in [-0.15, -0.1) is 0 Å². The molecule has 33 heavy (non-hydrogen) atoms. The van der Waals surface area contributed by atoms with Crippen molar-refractivity contribution in [2.24, 2.45) is 0 Å². The van der Waals surface area contributed by atoms with E-state index in [0.29, 0.717) is 30.3 Å². The number of H-pyrrole nitrogens is 1. The molecule has 8 heteroatoms. The molecule has 0 unspecified atom stereocenters. The maximum absolute atomic E-state index is 13.0. The van der Waals surface area contributed by atoms with Gasteiger partial charge >= 0.3 is 0 Å². The zero-order chi connectivity index (χ0) is 22.6. The van der Waals surface area contributed by atoms with E-state index >= 15 is 0 Å². The van der Waals surface area contributed by atoms with E-state index in [1.807, 2.05) is 35.9 Å². The number of aromatic nitrogens is 4. The Morgan fingerprint density at radius 2 is 2.03 bits per heavy atom. The fourth-order valence-corrected chi connectivity index (χ4v) is 4.95. The van der Waals surface area contributed by atoms with E-state index in [4.69, 9.17) is 19.6 Å². The number of aryl methyl sites for hydroxylation is 1. The maximum atomic E-state index is 13.0. The number of nitrogens with one attached hydrogen (secondary N) is 1. The van der Waals surface area contributed by atoms with E-state index in [2.05, 4.69) is 9.88 Å². The van der Waals surface area contributed by atoms with E-state index in [-0.39, 0.29) is 5.56 Å². The summed E-state index contributed by atoms with van der Waals surface area (Å²) in [6.45, 7) is 7.09. The summed E-state index contributed by atoms with van der Waals surface area (Å²) in [5.74, 6) is 1.51. The number of nitrogens with zero attached hydrogens (tertiary/aromatic N) is 4. The molecule has 1 aromatic carbocycles. The van der Waals surface area contributed by atoms with Crippen molar-refractivity contribution in [3.8, 4) is 5.75 Å². The number of hydrogen-bond acceptors (Lipinski definition) is 6. The van der Waals surface area contributed by atoms with Crippen molar-refractivity contribution in [1.29, 1.82) is 0 Å². The number of aromatic amines is 1. The Labute approximate surface area is 193 Å². The van der Waals surface area contributed by atoms with Crippen LogP contribution in [0.3, 0.4) is 0 Å². The summed E-state index contributed by atoms with van der Waals surface area (Å²) in [6.07, 6.45) is 5.90. The van der Waals surface area contributed by atoms with Crippen molar-refractivity contribution >= 4 is 11.0 Å². The van der Waals surface area contributed by atoms with Crippen LogP contribution in [0.5, 0.6) is 5.75 Å². The summed E-state index contributed by atoms with van der Waals surface area (Å²) in [6, 6.07) is 8.40. The lowest BCUT2D eigenvalue weighted by molar-refractivity contribution is 0.0322. The van der Waals surface area contributed by atoms with E-state index < -0.39 is 0 Å². The van der Waals surface area contributed by atoms with Crippen molar-refractivity contribution in [2.45, 2.75) is 51.5 Å². The molecular weight excluding hydrogens is 418 g/mol. The molecule has 2 aromatic heterocycles. The van der Waals surface area contributed by atoms with Gasteiger partial charge in [0, 0.05) is 26.1 Å². The third kappa shape index (κ3) is 4.96. The smallest absolute Gasteiger partial charge is 0.262 e. The SMILES string of the molecule is CCc1nn(C2CCCC2)c2nc(Cc3cccc(OCCN4CCOCC4)c3)[nH]c(=O)c12. The molecule has 1 saturated carbocycles. The third-order valence-electron chi connectivity index (χ3n) is 6.74. The van der Waals surface area contributed by atoms with E-state index in [0.717, 1.165) is 74.8 Å². The Kier molecular flexibility index (Phi) is 6.73. The molecule has 3 heterocycles. The molecule has 1 aliphatic heterocycles. The molecule has 1 aliphatic carbocycles. The highest BCUT2D eigenvalue weighted by molar-refractivity contribution is 5.77. The number of hydrogen-bond donors (Lipinski definition) is 1. The largest absolute Gasteiger partial charge is 0.492 e. The second kappa shape index (κ2) is 10.1. The second-order valence-electron chi connectivity index (χ2n) is 9.02. The van der Waals surface area contributed by atoms with E-state index in [1.165, 1.54) is 12.8 Å². The highest BCUT2D eigenvalue weighted by atomic mass is 16.5. The first-order chi connectivity index (χ1) is 16.2. The summed E-state index contributed by atoms with van der Waals surface area (Å²) in [5.41, 5.74) is 2.54. The first kappa shape index (κ1) is 22.1. The van der Waals surface area contributed by atoms with Crippen molar-refractivity contribution in [2.75, 3.05) is 39.5 Å². The van der Waals surface area contributed by atoms with E-state index in [9.17, 15) is 4.79 Å². The number of ether oxygens (including phenoxy) is 2. The molecule has 2 fully saturated rings. The van der Waals surface area contributed by atoms with E-state index in [1.54, 1.807) is 0 Å².